The molecule has 1 N–H and O–H groups in total. The van der Waals surface area contributed by atoms with E-state index >= 15 is 0 Å². The van der Waals surface area contributed by atoms with Gasteiger partial charge >= 0.3 is 0 Å². The lowest BCUT2D eigenvalue weighted by Crippen LogP contribution is -2.32. The van der Waals surface area contributed by atoms with Gasteiger partial charge in [0, 0.05) is 16.7 Å². The van der Waals surface area contributed by atoms with Gasteiger partial charge in [-0.2, -0.15) is 0 Å². The lowest BCUT2D eigenvalue weighted by molar-refractivity contribution is 0.296. The molecule has 1 saturated carbocycles. The summed E-state index contributed by atoms with van der Waals surface area (Å²) in [5, 5.41) is 3.61. The predicted octanol–water partition coefficient (Wildman–Crippen LogP) is 3.54. The van der Waals surface area contributed by atoms with Gasteiger partial charge in [-0.25, -0.2) is 0 Å². The van der Waals surface area contributed by atoms with E-state index in [1.807, 2.05) is 6.07 Å². The van der Waals surface area contributed by atoms with E-state index in [9.17, 15) is 0 Å². The molecule has 1 fully saturated rings. The quantitative estimate of drug-likeness (QED) is 0.816. The molecule has 3 nitrogen and oxygen atoms in total. The second kappa shape index (κ2) is 7.74. The van der Waals surface area contributed by atoms with Crippen LogP contribution in [-0.2, 0) is 0 Å². The van der Waals surface area contributed by atoms with Gasteiger partial charge in [-0.1, -0.05) is 19.3 Å². The Morgan fingerprint density at radius 1 is 1.28 bits per heavy atom. The summed E-state index contributed by atoms with van der Waals surface area (Å²) < 4.78 is 6.60. The standard InChI is InChI=1S/C14H21BrN2O/c15-12-9-14(11-16-10-12)18-8-4-7-17-13-5-2-1-3-6-13/h9-11,13,17H,1-8H2. The number of nitrogens with zero attached hydrogens (tertiary/aromatic N) is 1. The molecule has 1 aliphatic rings. The fourth-order valence-corrected chi connectivity index (χ4v) is 2.69. The molecule has 0 radical (unpaired) electrons. The summed E-state index contributed by atoms with van der Waals surface area (Å²) in [6.07, 6.45) is 11.4. The van der Waals surface area contributed by atoms with Gasteiger partial charge in [-0.05, 0) is 47.8 Å². The molecule has 0 aliphatic heterocycles. The number of hydrogen-bond donors (Lipinski definition) is 1. The Bertz CT molecular complexity index is 353. The molecule has 100 valence electrons. The van der Waals surface area contributed by atoms with Crippen molar-refractivity contribution < 1.29 is 4.74 Å². The van der Waals surface area contributed by atoms with Gasteiger partial charge in [-0.3, -0.25) is 4.98 Å². The minimum absolute atomic E-state index is 0.742. The Hall–Kier alpha value is -0.610. The van der Waals surface area contributed by atoms with E-state index in [1.165, 1.54) is 32.1 Å². The zero-order chi connectivity index (χ0) is 12.6. The summed E-state index contributed by atoms with van der Waals surface area (Å²) in [7, 11) is 0. The van der Waals surface area contributed by atoms with Gasteiger partial charge in [0.2, 0.25) is 0 Å². The first-order valence-electron chi connectivity index (χ1n) is 6.81. The van der Waals surface area contributed by atoms with Crippen LogP contribution in [0.2, 0.25) is 0 Å². The summed E-state index contributed by atoms with van der Waals surface area (Å²) >= 11 is 3.38. The maximum Gasteiger partial charge on any atom is 0.138 e. The zero-order valence-electron chi connectivity index (χ0n) is 10.7. The third-order valence-electron chi connectivity index (χ3n) is 3.31. The van der Waals surface area contributed by atoms with Crippen LogP contribution in [0.3, 0.4) is 0 Å². The number of nitrogens with one attached hydrogen (secondary N) is 1. The number of aromatic nitrogens is 1. The minimum Gasteiger partial charge on any atom is -0.492 e. The summed E-state index contributed by atoms with van der Waals surface area (Å²) in [4.78, 5) is 4.07. The topological polar surface area (TPSA) is 34.1 Å². The van der Waals surface area contributed by atoms with Gasteiger partial charge in [0.1, 0.15) is 5.75 Å². The number of pyridine rings is 1. The first kappa shape index (κ1) is 13.8. The molecule has 0 amide bonds. The van der Waals surface area contributed by atoms with Crippen molar-refractivity contribution in [3.63, 3.8) is 0 Å². The molecule has 1 aromatic rings. The Kier molecular flexibility index (Phi) is 5.94. The van der Waals surface area contributed by atoms with E-state index in [4.69, 9.17) is 4.74 Å². The van der Waals surface area contributed by atoms with E-state index in [2.05, 4.69) is 26.2 Å². The average Bonchev–Trinajstić information content (AvgIpc) is 2.40. The van der Waals surface area contributed by atoms with Crippen molar-refractivity contribution in [2.45, 2.75) is 44.6 Å². The maximum absolute atomic E-state index is 5.64. The van der Waals surface area contributed by atoms with Gasteiger partial charge in [0.05, 0.1) is 12.8 Å². The lowest BCUT2D eigenvalue weighted by Gasteiger charge is -2.22. The van der Waals surface area contributed by atoms with E-state index in [1.54, 1.807) is 12.4 Å². The van der Waals surface area contributed by atoms with Crippen LogP contribution in [0.15, 0.2) is 22.9 Å². The van der Waals surface area contributed by atoms with E-state index < -0.39 is 0 Å². The van der Waals surface area contributed by atoms with Crippen molar-refractivity contribution >= 4 is 15.9 Å². The molecule has 4 heteroatoms. The molecular formula is C14H21BrN2O. The van der Waals surface area contributed by atoms with E-state index in [-0.39, 0.29) is 0 Å². The Morgan fingerprint density at radius 2 is 2.11 bits per heavy atom. The zero-order valence-corrected chi connectivity index (χ0v) is 12.3. The SMILES string of the molecule is Brc1cncc(OCCCNC2CCCCC2)c1. The average molecular weight is 313 g/mol. The molecule has 0 bridgehead atoms. The molecular weight excluding hydrogens is 292 g/mol. The van der Waals surface area contributed by atoms with Gasteiger partial charge in [0.15, 0.2) is 0 Å². The highest BCUT2D eigenvalue weighted by molar-refractivity contribution is 9.10. The summed E-state index contributed by atoms with van der Waals surface area (Å²) in [5.41, 5.74) is 0. The highest BCUT2D eigenvalue weighted by Gasteiger charge is 2.11. The predicted molar refractivity (Wildman–Crippen MR) is 76.9 cm³/mol. The molecule has 0 unspecified atom stereocenters. The second-order valence-corrected chi connectivity index (χ2v) is 5.75. The molecule has 18 heavy (non-hydrogen) atoms. The summed E-state index contributed by atoms with van der Waals surface area (Å²) in [5.74, 6) is 0.835. The smallest absolute Gasteiger partial charge is 0.138 e. The van der Waals surface area contributed by atoms with Gasteiger partial charge < -0.3 is 10.1 Å². The third-order valence-corrected chi connectivity index (χ3v) is 3.74. The van der Waals surface area contributed by atoms with Crippen molar-refractivity contribution in [2.75, 3.05) is 13.2 Å². The molecule has 0 aromatic carbocycles. The van der Waals surface area contributed by atoms with Crippen LogP contribution in [0.1, 0.15) is 38.5 Å². The second-order valence-electron chi connectivity index (χ2n) is 4.83. The minimum atomic E-state index is 0.742. The summed E-state index contributed by atoms with van der Waals surface area (Å²) in [6.45, 7) is 1.80. The first-order valence-corrected chi connectivity index (χ1v) is 7.60. The van der Waals surface area contributed by atoms with E-state index in [0.717, 1.165) is 35.8 Å². The maximum atomic E-state index is 5.64. The Morgan fingerprint density at radius 3 is 2.89 bits per heavy atom. The molecule has 1 aromatic heterocycles. The highest BCUT2D eigenvalue weighted by atomic mass is 79.9. The number of halogens is 1. The number of ether oxygens (including phenoxy) is 1. The third kappa shape index (κ3) is 4.94. The largest absolute Gasteiger partial charge is 0.492 e. The molecule has 2 rings (SSSR count). The van der Waals surface area contributed by atoms with Crippen molar-refractivity contribution in [3.8, 4) is 5.75 Å². The monoisotopic (exact) mass is 312 g/mol. The van der Waals surface area contributed by atoms with Crippen molar-refractivity contribution in [3.05, 3.63) is 22.9 Å². The fraction of sp³-hybridized carbons (Fsp3) is 0.643. The summed E-state index contributed by atoms with van der Waals surface area (Å²) in [6, 6.07) is 2.69. The van der Waals surface area contributed by atoms with Crippen LogP contribution in [0.4, 0.5) is 0 Å². The number of rotatable bonds is 6. The molecule has 0 saturated heterocycles. The van der Waals surface area contributed by atoms with Crippen LogP contribution in [-0.4, -0.2) is 24.2 Å². The normalized spacial score (nSPS) is 16.7. The van der Waals surface area contributed by atoms with Crippen LogP contribution >= 0.6 is 15.9 Å². The molecule has 0 spiro atoms. The number of hydrogen-bond acceptors (Lipinski definition) is 3. The Balaban J connectivity index is 1.55. The fourth-order valence-electron chi connectivity index (χ4n) is 2.35. The Labute approximate surface area is 117 Å². The molecule has 1 heterocycles. The van der Waals surface area contributed by atoms with E-state index in [0.29, 0.717) is 0 Å². The van der Waals surface area contributed by atoms with Crippen molar-refractivity contribution in [1.29, 1.82) is 0 Å². The molecule has 0 atom stereocenters. The van der Waals surface area contributed by atoms with Crippen molar-refractivity contribution in [2.24, 2.45) is 0 Å². The van der Waals surface area contributed by atoms with Crippen LogP contribution in [0.5, 0.6) is 5.75 Å². The highest BCUT2D eigenvalue weighted by Crippen LogP contribution is 2.17. The lowest BCUT2D eigenvalue weighted by atomic mass is 9.95. The van der Waals surface area contributed by atoms with Crippen molar-refractivity contribution in [1.82, 2.24) is 10.3 Å². The van der Waals surface area contributed by atoms with Crippen LogP contribution in [0.25, 0.3) is 0 Å². The van der Waals surface area contributed by atoms with Gasteiger partial charge in [0.25, 0.3) is 0 Å². The van der Waals surface area contributed by atoms with Crippen LogP contribution < -0.4 is 10.1 Å². The van der Waals surface area contributed by atoms with Gasteiger partial charge in [-0.15, -0.1) is 0 Å². The van der Waals surface area contributed by atoms with Crippen LogP contribution in [0, 0.1) is 0 Å². The first-order chi connectivity index (χ1) is 8.84. The molecule has 1 aliphatic carbocycles.